The number of nitrogens with one attached hydrogen (secondary N) is 1. The maximum absolute atomic E-state index is 12.8. The van der Waals surface area contributed by atoms with Crippen LogP contribution in [0.2, 0.25) is 0 Å². The number of aryl methyl sites for hydroxylation is 2. The number of likely N-dealkylation sites (tertiary alicyclic amines) is 1. The predicted molar refractivity (Wildman–Crippen MR) is 117 cm³/mol. The van der Waals surface area contributed by atoms with E-state index in [0.717, 1.165) is 42.6 Å². The van der Waals surface area contributed by atoms with E-state index in [1.54, 1.807) is 0 Å². The number of hydrogen-bond acceptors (Lipinski definition) is 5. The van der Waals surface area contributed by atoms with Crippen LogP contribution in [0.25, 0.3) is 11.4 Å². The molecule has 1 amide bonds. The van der Waals surface area contributed by atoms with Gasteiger partial charge in [-0.3, -0.25) is 9.69 Å². The van der Waals surface area contributed by atoms with Gasteiger partial charge < -0.3 is 9.84 Å². The third-order valence-corrected chi connectivity index (χ3v) is 5.61. The molecule has 0 saturated carbocycles. The van der Waals surface area contributed by atoms with Gasteiger partial charge in [0.2, 0.25) is 17.6 Å². The Balaban J connectivity index is 1.35. The number of amides is 1. The second kappa shape index (κ2) is 9.22. The Morgan fingerprint density at radius 2 is 2.07 bits per heavy atom. The van der Waals surface area contributed by atoms with Crippen molar-refractivity contribution in [2.45, 2.75) is 39.7 Å². The van der Waals surface area contributed by atoms with E-state index in [1.807, 2.05) is 43.3 Å². The molecule has 156 valence electrons. The summed E-state index contributed by atoms with van der Waals surface area (Å²) in [5.74, 6) is 1.23. The fraction of sp³-hybridized carbons (Fsp3) is 0.375. The summed E-state index contributed by atoms with van der Waals surface area (Å²) < 4.78 is 5.47. The van der Waals surface area contributed by atoms with Crippen LogP contribution < -0.4 is 5.32 Å². The molecule has 0 bridgehead atoms. The molecule has 4 rings (SSSR count). The maximum atomic E-state index is 12.8. The summed E-state index contributed by atoms with van der Waals surface area (Å²) in [4.78, 5) is 19.5. The molecule has 2 aromatic carbocycles. The molecule has 30 heavy (non-hydrogen) atoms. The van der Waals surface area contributed by atoms with Crippen LogP contribution in [0.3, 0.4) is 0 Å². The third-order valence-electron chi connectivity index (χ3n) is 5.61. The largest absolute Gasteiger partial charge is 0.338 e. The van der Waals surface area contributed by atoms with Crippen LogP contribution >= 0.6 is 0 Å². The minimum absolute atomic E-state index is 0.0382. The molecule has 1 fully saturated rings. The standard InChI is InChI=1S/C24H28N4O2/c1-3-18-9-11-21(12-10-18)25-24(29)20-8-5-13-28(15-20)16-22-26-23(27-30-22)19-7-4-6-17(2)14-19/h4,6-7,9-12,14,20H,3,5,8,13,15-16H2,1-2H3,(H,25,29). The first-order chi connectivity index (χ1) is 14.6. The fourth-order valence-electron chi connectivity index (χ4n) is 3.89. The molecule has 0 radical (unpaired) electrons. The topological polar surface area (TPSA) is 71.3 Å². The summed E-state index contributed by atoms with van der Waals surface area (Å²) in [6, 6.07) is 16.1. The molecule has 1 aliphatic rings. The van der Waals surface area contributed by atoms with Crippen LogP contribution in [0.5, 0.6) is 0 Å². The summed E-state index contributed by atoms with van der Waals surface area (Å²) in [5, 5.41) is 7.19. The van der Waals surface area contributed by atoms with E-state index in [4.69, 9.17) is 4.52 Å². The van der Waals surface area contributed by atoms with Gasteiger partial charge in [-0.05, 0) is 56.5 Å². The lowest BCUT2D eigenvalue weighted by molar-refractivity contribution is -0.121. The molecular formula is C24H28N4O2. The molecular weight excluding hydrogens is 376 g/mol. The van der Waals surface area contributed by atoms with Crippen LogP contribution in [-0.2, 0) is 17.8 Å². The lowest BCUT2D eigenvalue weighted by Crippen LogP contribution is -2.40. The van der Waals surface area contributed by atoms with Gasteiger partial charge in [0, 0.05) is 17.8 Å². The highest BCUT2D eigenvalue weighted by Crippen LogP contribution is 2.22. The van der Waals surface area contributed by atoms with Crippen LogP contribution in [0.1, 0.15) is 36.8 Å². The second-order valence-electron chi connectivity index (χ2n) is 8.00. The Hall–Kier alpha value is -2.99. The number of piperidine rings is 1. The third kappa shape index (κ3) is 4.94. The van der Waals surface area contributed by atoms with Crippen LogP contribution in [0, 0.1) is 12.8 Å². The van der Waals surface area contributed by atoms with Crippen molar-refractivity contribution in [3.63, 3.8) is 0 Å². The van der Waals surface area contributed by atoms with Crippen molar-refractivity contribution in [1.82, 2.24) is 15.0 Å². The Kier molecular flexibility index (Phi) is 6.23. The predicted octanol–water partition coefficient (Wildman–Crippen LogP) is 4.46. The molecule has 1 aliphatic heterocycles. The molecule has 1 N–H and O–H groups in total. The zero-order chi connectivity index (χ0) is 20.9. The highest BCUT2D eigenvalue weighted by Gasteiger charge is 2.27. The number of hydrogen-bond donors (Lipinski definition) is 1. The number of aromatic nitrogens is 2. The molecule has 1 aromatic heterocycles. The van der Waals surface area contributed by atoms with E-state index >= 15 is 0 Å². The number of benzene rings is 2. The lowest BCUT2D eigenvalue weighted by Gasteiger charge is -2.30. The minimum Gasteiger partial charge on any atom is -0.338 e. The number of anilines is 1. The van der Waals surface area contributed by atoms with Crippen LogP contribution in [0.15, 0.2) is 53.1 Å². The average molecular weight is 405 g/mol. The van der Waals surface area contributed by atoms with E-state index in [2.05, 4.69) is 39.4 Å². The Morgan fingerprint density at radius 3 is 2.83 bits per heavy atom. The Labute approximate surface area is 177 Å². The van der Waals surface area contributed by atoms with Gasteiger partial charge in [0.05, 0.1) is 12.5 Å². The molecule has 0 aliphatic carbocycles. The van der Waals surface area contributed by atoms with E-state index in [9.17, 15) is 4.79 Å². The zero-order valence-electron chi connectivity index (χ0n) is 17.6. The minimum atomic E-state index is -0.0382. The van der Waals surface area contributed by atoms with Crippen LogP contribution in [-0.4, -0.2) is 34.0 Å². The van der Waals surface area contributed by atoms with Crippen molar-refractivity contribution >= 4 is 11.6 Å². The van der Waals surface area contributed by atoms with Crippen molar-refractivity contribution in [1.29, 1.82) is 0 Å². The average Bonchev–Trinajstić information content (AvgIpc) is 3.23. The highest BCUT2D eigenvalue weighted by molar-refractivity contribution is 5.92. The van der Waals surface area contributed by atoms with Crippen molar-refractivity contribution < 1.29 is 9.32 Å². The van der Waals surface area contributed by atoms with Crippen molar-refractivity contribution in [3.05, 3.63) is 65.5 Å². The summed E-state index contributed by atoms with van der Waals surface area (Å²) >= 11 is 0. The van der Waals surface area contributed by atoms with E-state index in [-0.39, 0.29) is 11.8 Å². The van der Waals surface area contributed by atoms with Gasteiger partial charge in [-0.1, -0.05) is 48.0 Å². The highest BCUT2D eigenvalue weighted by atomic mass is 16.5. The first-order valence-electron chi connectivity index (χ1n) is 10.6. The molecule has 2 heterocycles. The maximum Gasteiger partial charge on any atom is 0.241 e. The number of carbonyl (C=O) groups excluding carboxylic acids is 1. The van der Waals surface area contributed by atoms with E-state index < -0.39 is 0 Å². The Bertz CT molecular complexity index is 996. The summed E-state index contributed by atoms with van der Waals surface area (Å²) in [6.45, 7) is 6.35. The molecule has 6 nitrogen and oxygen atoms in total. The van der Waals surface area contributed by atoms with E-state index in [0.29, 0.717) is 24.8 Å². The molecule has 1 saturated heterocycles. The smallest absolute Gasteiger partial charge is 0.241 e. The monoisotopic (exact) mass is 404 g/mol. The fourth-order valence-corrected chi connectivity index (χ4v) is 3.89. The SMILES string of the molecule is CCc1ccc(NC(=O)C2CCCN(Cc3nc(-c4cccc(C)c4)no3)C2)cc1. The summed E-state index contributed by atoms with van der Waals surface area (Å²) in [7, 11) is 0. The van der Waals surface area contributed by atoms with Gasteiger partial charge in [0.15, 0.2) is 0 Å². The van der Waals surface area contributed by atoms with Gasteiger partial charge in [-0.15, -0.1) is 0 Å². The summed E-state index contributed by atoms with van der Waals surface area (Å²) in [6.07, 6.45) is 2.87. The Morgan fingerprint density at radius 1 is 1.23 bits per heavy atom. The van der Waals surface area contributed by atoms with Crippen molar-refractivity contribution in [3.8, 4) is 11.4 Å². The van der Waals surface area contributed by atoms with Gasteiger partial charge in [-0.25, -0.2) is 0 Å². The normalized spacial score (nSPS) is 17.1. The van der Waals surface area contributed by atoms with Gasteiger partial charge in [0.25, 0.3) is 0 Å². The first-order valence-corrected chi connectivity index (χ1v) is 10.6. The lowest BCUT2D eigenvalue weighted by atomic mass is 9.97. The van der Waals surface area contributed by atoms with Gasteiger partial charge >= 0.3 is 0 Å². The molecule has 0 spiro atoms. The van der Waals surface area contributed by atoms with Crippen molar-refractivity contribution in [2.24, 2.45) is 5.92 Å². The number of nitrogens with zero attached hydrogens (tertiary/aromatic N) is 3. The molecule has 1 atom stereocenters. The van der Waals surface area contributed by atoms with Crippen molar-refractivity contribution in [2.75, 3.05) is 18.4 Å². The summed E-state index contributed by atoms with van der Waals surface area (Å²) in [5.41, 5.74) is 4.23. The number of rotatable bonds is 6. The first kappa shape index (κ1) is 20.3. The van der Waals surface area contributed by atoms with Gasteiger partial charge in [0.1, 0.15) is 0 Å². The van der Waals surface area contributed by atoms with Gasteiger partial charge in [-0.2, -0.15) is 4.98 Å². The molecule has 3 aromatic rings. The molecule has 1 unspecified atom stereocenters. The van der Waals surface area contributed by atoms with E-state index in [1.165, 1.54) is 5.56 Å². The zero-order valence-corrected chi connectivity index (χ0v) is 17.6. The second-order valence-corrected chi connectivity index (χ2v) is 8.00. The number of carbonyl (C=O) groups is 1. The van der Waals surface area contributed by atoms with Crippen LogP contribution in [0.4, 0.5) is 5.69 Å². The molecule has 6 heteroatoms. The quantitative estimate of drug-likeness (QED) is 0.657.